The molecule has 0 bridgehead atoms. The number of halogens is 1. The van der Waals surface area contributed by atoms with Crippen LogP contribution in [0.5, 0.6) is 0 Å². The summed E-state index contributed by atoms with van der Waals surface area (Å²) in [6.07, 6.45) is 7.66. The third-order valence-electron chi connectivity index (χ3n) is 2.05. The maximum Gasteiger partial charge on any atom is 0.0333 e. The van der Waals surface area contributed by atoms with Gasteiger partial charge in [0.15, 0.2) is 0 Å². The molecule has 0 atom stereocenters. The fourth-order valence-electron chi connectivity index (χ4n) is 1.36. The van der Waals surface area contributed by atoms with Crippen LogP contribution in [0.3, 0.4) is 0 Å². The Morgan fingerprint density at radius 3 is 2.58 bits per heavy atom. The number of allylic oxidation sites excluding steroid dienone is 3. The fourth-order valence-corrected chi connectivity index (χ4v) is 1.78. The van der Waals surface area contributed by atoms with Crippen LogP contribution in [0.4, 0.5) is 0 Å². The zero-order valence-corrected chi connectivity index (χ0v) is 9.26. The lowest BCUT2D eigenvalue weighted by Gasteiger charge is -2.24. The van der Waals surface area contributed by atoms with E-state index in [1.54, 1.807) is 0 Å². The van der Waals surface area contributed by atoms with Gasteiger partial charge in [0, 0.05) is 29.7 Å². The van der Waals surface area contributed by atoms with Gasteiger partial charge in [0.25, 0.3) is 0 Å². The summed E-state index contributed by atoms with van der Waals surface area (Å²) in [5.74, 6) is 0. The van der Waals surface area contributed by atoms with Crippen molar-refractivity contribution in [1.29, 1.82) is 0 Å². The Morgan fingerprint density at radius 2 is 2.08 bits per heavy atom. The summed E-state index contributed by atoms with van der Waals surface area (Å²) in [5, 5.41) is 0. The number of likely N-dealkylation sites (N-methyl/N-ethyl adjacent to an activating group) is 1. The van der Waals surface area contributed by atoms with E-state index >= 15 is 0 Å². The zero-order chi connectivity index (χ0) is 8.97. The molecule has 0 aromatic rings. The second-order valence-corrected chi connectivity index (χ2v) is 3.69. The number of hydrogen-bond acceptors (Lipinski definition) is 1. The summed E-state index contributed by atoms with van der Waals surface area (Å²) < 4.78 is 1.20. The lowest BCUT2D eigenvalue weighted by molar-refractivity contribution is 0.392. The molecule has 67 valence electrons. The molecule has 1 rings (SSSR count). The Hall–Kier alpha value is -0.240. The lowest BCUT2D eigenvalue weighted by Crippen LogP contribution is -2.22. The van der Waals surface area contributed by atoms with E-state index in [1.165, 1.54) is 10.2 Å². The van der Waals surface area contributed by atoms with E-state index in [9.17, 15) is 0 Å². The molecule has 1 aliphatic rings. The van der Waals surface area contributed by atoms with Crippen molar-refractivity contribution in [2.45, 2.75) is 20.3 Å². The minimum Gasteiger partial charge on any atom is -0.372 e. The molecule has 0 N–H and O–H groups in total. The first-order valence-corrected chi connectivity index (χ1v) is 5.22. The molecule has 0 saturated carbocycles. The maximum atomic E-state index is 3.49. The van der Waals surface area contributed by atoms with Crippen LogP contribution >= 0.6 is 15.9 Å². The van der Waals surface area contributed by atoms with E-state index in [0.717, 1.165) is 19.5 Å². The zero-order valence-electron chi connectivity index (χ0n) is 7.68. The van der Waals surface area contributed by atoms with Gasteiger partial charge in [-0.25, -0.2) is 0 Å². The molecule has 1 radical (unpaired) electrons. The average Bonchev–Trinajstić information content (AvgIpc) is 2.07. The van der Waals surface area contributed by atoms with Crippen molar-refractivity contribution in [3.63, 3.8) is 0 Å². The summed E-state index contributed by atoms with van der Waals surface area (Å²) >= 11 is 3.49. The van der Waals surface area contributed by atoms with Crippen molar-refractivity contribution in [2.24, 2.45) is 0 Å². The average molecular weight is 229 g/mol. The third kappa shape index (κ3) is 2.37. The Kier molecular flexibility index (Phi) is 3.86. The summed E-state index contributed by atoms with van der Waals surface area (Å²) in [6, 6.07) is 0. The van der Waals surface area contributed by atoms with Gasteiger partial charge in [-0.05, 0) is 26.3 Å². The van der Waals surface area contributed by atoms with Crippen molar-refractivity contribution in [1.82, 2.24) is 4.90 Å². The Bertz CT molecular complexity index is 202. The summed E-state index contributed by atoms with van der Waals surface area (Å²) in [6.45, 7) is 6.53. The highest BCUT2D eigenvalue weighted by Crippen LogP contribution is 2.22. The van der Waals surface area contributed by atoms with Crippen molar-refractivity contribution < 1.29 is 0 Å². The summed E-state index contributed by atoms with van der Waals surface area (Å²) in [7, 11) is 0. The standard InChI is InChI=1S/C10H15BrN/c1-3-12(4-2)10-7-5-6-9(11)8-10/h6-8H,3-5H2,1-2H3. The molecule has 0 spiro atoms. The molecule has 0 heterocycles. The highest BCUT2D eigenvalue weighted by Gasteiger charge is 2.07. The van der Waals surface area contributed by atoms with Crippen LogP contribution < -0.4 is 0 Å². The summed E-state index contributed by atoms with van der Waals surface area (Å²) in [5.41, 5.74) is 1.34. The molecule has 0 aromatic carbocycles. The highest BCUT2D eigenvalue weighted by molar-refractivity contribution is 9.11. The molecular formula is C10H15BrN. The lowest BCUT2D eigenvalue weighted by atomic mass is 10.1. The van der Waals surface area contributed by atoms with Crippen LogP contribution in [-0.2, 0) is 0 Å². The molecule has 0 aliphatic heterocycles. The largest absolute Gasteiger partial charge is 0.372 e. The van der Waals surface area contributed by atoms with Crippen LogP contribution in [0.2, 0.25) is 0 Å². The molecular weight excluding hydrogens is 214 g/mol. The Labute approximate surface area is 83.3 Å². The number of nitrogens with zero attached hydrogens (tertiary/aromatic N) is 1. The van der Waals surface area contributed by atoms with Gasteiger partial charge in [0.05, 0.1) is 0 Å². The van der Waals surface area contributed by atoms with Crippen LogP contribution in [0.25, 0.3) is 0 Å². The predicted octanol–water partition coefficient (Wildman–Crippen LogP) is 3.10. The molecule has 1 aliphatic carbocycles. The molecule has 0 fully saturated rings. The van der Waals surface area contributed by atoms with Gasteiger partial charge in [-0.1, -0.05) is 22.0 Å². The van der Waals surface area contributed by atoms with E-state index in [1.807, 2.05) is 0 Å². The van der Waals surface area contributed by atoms with Crippen molar-refractivity contribution >= 4 is 15.9 Å². The van der Waals surface area contributed by atoms with Crippen LogP contribution in [-0.4, -0.2) is 18.0 Å². The van der Waals surface area contributed by atoms with Gasteiger partial charge in [-0.15, -0.1) is 0 Å². The normalized spacial score (nSPS) is 16.9. The first-order chi connectivity index (χ1) is 5.77. The second-order valence-electron chi connectivity index (χ2n) is 2.77. The van der Waals surface area contributed by atoms with Crippen LogP contribution in [0.1, 0.15) is 20.3 Å². The fraction of sp³-hybridized carbons (Fsp3) is 0.500. The van der Waals surface area contributed by atoms with Crippen molar-refractivity contribution in [3.05, 3.63) is 28.8 Å². The minimum absolute atomic E-state index is 1.04. The Morgan fingerprint density at radius 1 is 1.42 bits per heavy atom. The SMILES string of the molecule is CCN(CC)C1=CC[CH]C(Br)=C1. The van der Waals surface area contributed by atoms with Gasteiger partial charge < -0.3 is 4.90 Å². The summed E-state index contributed by atoms with van der Waals surface area (Å²) in [4.78, 5) is 2.36. The monoisotopic (exact) mass is 228 g/mol. The first kappa shape index (κ1) is 9.85. The predicted molar refractivity (Wildman–Crippen MR) is 56.9 cm³/mol. The van der Waals surface area contributed by atoms with Gasteiger partial charge in [0.2, 0.25) is 0 Å². The molecule has 1 nitrogen and oxygen atoms in total. The smallest absolute Gasteiger partial charge is 0.0333 e. The van der Waals surface area contributed by atoms with Gasteiger partial charge in [-0.2, -0.15) is 0 Å². The van der Waals surface area contributed by atoms with Crippen LogP contribution in [0, 0.1) is 6.42 Å². The number of rotatable bonds is 3. The van der Waals surface area contributed by atoms with Gasteiger partial charge in [-0.3, -0.25) is 0 Å². The molecule has 0 amide bonds. The second kappa shape index (κ2) is 4.70. The van der Waals surface area contributed by atoms with E-state index in [0.29, 0.717) is 0 Å². The van der Waals surface area contributed by atoms with Gasteiger partial charge >= 0.3 is 0 Å². The minimum atomic E-state index is 1.04. The van der Waals surface area contributed by atoms with E-state index in [4.69, 9.17) is 0 Å². The topological polar surface area (TPSA) is 3.24 Å². The molecule has 2 heteroatoms. The van der Waals surface area contributed by atoms with E-state index in [2.05, 4.69) is 53.3 Å². The van der Waals surface area contributed by atoms with Crippen molar-refractivity contribution in [3.8, 4) is 0 Å². The maximum absolute atomic E-state index is 3.49. The van der Waals surface area contributed by atoms with Gasteiger partial charge in [0.1, 0.15) is 0 Å². The highest BCUT2D eigenvalue weighted by atomic mass is 79.9. The molecule has 0 saturated heterocycles. The van der Waals surface area contributed by atoms with E-state index < -0.39 is 0 Å². The Balaban J connectivity index is 2.67. The third-order valence-corrected chi connectivity index (χ3v) is 2.61. The molecule has 0 unspecified atom stereocenters. The first-order valence-electron chi connectivity index (χ1n) is 4.43. The van der Waals surface area contributed by atoms with E-state index in [-0.39, 0.29) is 0 Å². The quantitative estimate of drug-likeness (QED) is 0.718. The number of hydrogen-bond donors (Lipinski definition) is 0. The van der Waals surface area contributed by atoms with Crippen LogP contribution in [0.15, 0.2) is 22.3 Å². The molecule has 0 aromatic heterocycles. The molecule has 12 heavy (non-hydrogen) atoms. The van der Waals surface area contributed by atoms with Crippen molar-refractivity contribution in [2.75, 3.05) is 13.1 Å².